The summed E-state index contributed by atoms with van der Waals surface area (Å²) >= 11 is 0. The maximum absolute atomic E-state index is 2.38. The third-order valence-corrected chi connectivity index (χ3v) is 4.28. The highest BCUT2D eigenvalue weighted by atomic mass is 14.4. The Hall–Kier alpha value is -0.780. The predicted octanol–water partition coefficient (Wildman–Crippen LogP) is 4.03. The normalized spacial score (nSPS) is 28.9. The lowest BCUT2D eigenvalue weighted by atomic mass is 9.77. The van der Waals surface area contributed by atoms with Crippen LogP contribution in [0.4, 0.5) is 0 Å². The van der Waals surface area contributed by atoms with Crippen LogP contribution in [0.3, 0.4) is 0 Å². The van der Waals surface area contributed by atoms with E-state index in [2.05, 4.69) is 52.8 Å². The summed E-state index contributed by atoms with van der Waals surface area (Å²) < 4.78 is 0. The van der Waals surface area contributed by atoms with Gasteiger partial charge in [-0.2, -0.15) is 0 Å². The number of hydrogen-bond acceptors (Lipinski definition) is 0. The molecule has 0 nitrogen and oxygen atoms in total. The standard InChI is InChI=1S/C14H20/c1-9-6-7-13-12(8-9)10(2)11(3)14(13,4)5/h6-8,10-11H,1-5H3/t10-,11-/m1/s1. The van der Waals surface area contributed by atoms with Crippen molar-refractivity contribution in [1.82, 2.24) is 0 Å². The Kier molecular flexibility index (Phi) is 1.99. The summed E-state index contributed by atoms with van der Waals surface area (Å²) in [5, 5.41) is 0. The van der Waals surface area contributed by atoms with Crippen LogP contribution in [0.2, 0.25) is 0 Å². The van der Waals surface area contributed by atoms with Gasteiger partial charge in [-0.05, 0) is 35.3 Å². The SMILES string of the molecule is Cc1ccc2c(c1)[C@H](C)[C@@H](C)C2(C)C. The van der Waals surface area contributed by atoms with Crippen LogP contribution in [0.5, 0.6) is 0 Å². The first-order chi connectivity index (χ1) is 6.44. The Bertz CT molecular complexity index is 360. The Balaban J connectivity index is 2.62. The van der Waals surface area contributed by atoms with Crippen LogP contribution in [0, 0.1) is 12.8 Å². The van der Waals surface area contributed by atoms with E-state index < -0.39 is 0 Å². The van der Waals surface area contributed by atoms with Crippen molar-refractivity contribution >= 4 is 0 Å². The third kappa shape index (κ3) is 1.13. The fraction of sp³-hybridized carbons (Fsp3) is 0.571. The molecule has 0 unspecified atom stereocenters. The minimum Gasteiger partial charge on any atom is -0.0611 e. The minimum absolute atomic E-state index is 0.350. The molecule has 0 heteroatoms. The molecule has 2 rings (SSSR count). The zero-order chi connectivity index (χ0) is 10.5. The number of hydrogen-bond donors (Lipinski definition) is 0. The maximum Gasteiger partial charge on any atom is -0.00694 e. The molecule has 1 aromatic rings. The van der Waals surface area contributed by atoms with Gasteiger partial charge in [0.1, 0.15) is 0 Å². The van der Waals surface area contributed by atoms with E-state index in [0.29, 0.717) is 11.3 Å². The Morgan fingerprint density at radius 2 is 1.79 bits per heavy atom. The molecule has 14 heavy (non-hydrogen) atoms. The number of rotatable bonds is 0. The molecular formula is C14H20. The Morgan fingerprint density at radius 3 is 2.43 bits per heavy atom. The van der Waals surface area contributed by atoms with Crippen molar-refractivity contribution in [2.75, 3.05) is 0 Å². The molecular weight excluding hydrogens is 168 g/mol. The summed E-state index contributed by atoms with van der Waals surface area (Å²) in [5.74, 6) is 1.46. The molecule has 0 saturated heterocycles. The van der Waals surface area contributed by atoms with Gasteiger partial charge in [-0.3, -0.25) is 0 Å². The van der Waals surface area contributed by atoms with Crippen molar-refractivity contribution in [2.45, 2.75) is 46.0 Å². The molecule has 0 aliphatic heterocycles. The zero-order valence-corrected chi connectivity index (χ0v) is 9.89. The Labute approximate surface area is 87.3 Å². The van der Waals surface area contributed by atoms with Crippen molar-refractivity contribution in [3.63, 3.8) is 0 Å². The summed E-state index contributed by atoms with van der Waals surface area (Å²) in [4.78, 5) is 0. The van der Waals surface area contributed by atoms with Gasteiger partial charge in [-0.25, -0.2) is 0 Å². The molecule has 76 valence electrons. The monoisotopic (exact) mass is 188 g/mol. The lowest BCUT2D eigenvalue weighted by molar-refractivity contribution is 0.342. The van der Waals surface area contributed by atoms with E-state index in [4.69, 9.17) is 0 Å². The second kappa shape index (κ2) is 2.85. The van der Waals surface area contributed by atoms with Crippen LogP contribution in [-0.4, -0.2) is 0 Å². The highest BCUT2D eigenvalue weighted by molar-refractivity contribution is 5.44. The van der Waals surface area contributed by atoms with Gasteiger partial charge >= 0.3 is 0 Å². The van der Waals surface area contributed by atoms with E-state index in [0.717, 1.165) is 5.92 Å². The van der Waals surface area contributed by atoms with Gasteiger partial charge in [-0.1, -0.05) is 51.5 Å². The maximum atomic E-state index is 2.38. The minimum atomic E-state index is 0.350. The molecule has 2 atom stereocenters. The van der Waals surface area contributed by atoms with Gasteiger partial charge in [0.15, 0.2) is 0 Å². The molecule has 0 fully saturated rings. The van der Waals surface area contributed by atoms with Crippen molar-refractivity contribution < 1.29 is 0 Å². The van der Waals surface area contributed by atoms with E-state index in [-0.39, 0.29) is 0 Å². The second-order valence-electron chi connectivity index (χ2n) is 5.39. The fourth-order valence-corrected chi connectivity index (χ4v) is 2.79. The summed E-state index contributed by atoms with van der Waals surface area (Å²) in [5.41, 5.74) is 4.87. The molecule has 0 saturated carbocycles. The smallest absolute Gasteiger partial charge is 0.00694 e. The van der Waals surface area contributed by atoms with Crippen molar-refractivity contribution in [1.29, 1.82) is 0 Å². The quantitative estimate of drug-likeness (QED) is 0.576. The van der Waals surface area contributed by atoms with E-state index >= 15 is 0 Å². The summed E-state index contributed by atoms with van der Waals surface area (Å²) in [6.45, 7) is 11.7. The second-order valence-corrected chi connectivity index (χ2v) is 5.39. The third-order valence-electron chi connectivity index (χ3n) is 4.28. The van der Waals surface area contributed by atoms with Gasteiger partial charge in [0, 0.05) is 0 Å². The first-order valence-electron chi connectivity index (χ1n) is 5.55. The average molecular weight is 188 g/mol. The molecule has 1 aliphatic carbocycles. The molecule has 0 radical (unpaired) electrons. The van der Waals surface area contributed by atoms with Crippen LogP contribution in [-0.2, 0) is 5.41 Å². The molecule has 1 aromatic carbocycles. The highest BCUT2D eigenvalue weighted by Gasteiger charge is 2.40. The first-order valence-corrected chi connectivity index (χ1v) is 5.55. The van der Waals surface area contributed by atoms with Crippen LogP contribution in [0.15, 0.2) is 18.2 Å². The van der Waals surface area contributed by atoms with Crippen molar-refractivity contribution in [3.05, 3.63) is 34.9 Å². The molecule has 1 aliphatic rings. The average Bonchev–Trinajstić information content (AvgIpc) is 2.28. The number of benzene rings is 1. The molecule has 0 aromatic heterocycles. The summed E-state index contributed by atoms with van der Waals surface area (Å²) in [6.07, 6.45) is 0. The fourth-order valence-electron chi connectivity index (χ4n) is 2.79. The van der Waals surface area contributed by atoms with Crippen LogP contribution >= 0.6 is 0 Å². The van der Waals surface area contributed by atoms with E-state index in [1.165, 1.54) is 5.56 Å². The van der Waals surface area contributed by atoms with Gasteiger partial charge in [0.2, 0.25) is 0 Å². The van der Waals surface area contributed by atoms with Gasteiger partial charge in [0.25, 0.3) is 0 Å². The lowest BCUT2D eigenvalue weighted by Crippen LogP contribution is -2.22. The molecule has 0 spiro atoms. The predicted molar refractivity (Wildman–Crippen MR) is 61.8 cm³/mol. The summed E-state index contributed by atoms with van der Waals surface area (Å²) in [6, 6.07) is 6.93. The molecule has 0 bridgehead atoms. The molecule has 0 amide bonds. The van der Waals surface area contributed by atoms with Crippen molar-refractivity contribution in [3.8, 4) is 0 Å². The molecule has 0 heterocycles. The first kappa shape index (κ1) is 9.76. The van der Waals surface area contributed by atoms with Crippen LogP contribution in [0.1, 0.15) is 50.3 Å². The van der Waals surface area contributed by atoms with E-state index in [9.17, 15) is 0 Å². The van der Waals surface area contributed by atoms with Gasteiger partial charge in [0.05, 0.1) is 0 Å². The topological polar surface area (TPSA) is 0 Å². The summed E-state index contributed by atoms with van der Waals surface area (Å²) in [7, 11) is 0. The number of aryl methyl sites for hydroxylation is 1. The Morgan fingerprint density at radius 1 is 1.14 bits per heavy atom. The number of fused-ring (bicyclic) bond motifs is 1. The zero-order valence-electron chi connectivity index (χ0n) is 9.89. The lowest BCUT2D eigenvalue weighted by Gasteiger charge is -2.26. The largest absolute Gasteiger partial charge is 0.0611 e. The van der Waals surface area contributed by atoms with Crippen LogP contribution in [0.25, 0.3) is 0 Å². The van der Waals surface area contributed by atoms with Crippen molar-refractivity contribution in [2.24, 2.45) is 5.92 Å². The van der Waals surface area contributed by atoms with E-state index in [1.54, 1.807) is 11.1 Å². The van der Waals surface area contributed by atoms with Gasteiger partial charge in [-0.15, -0.1) is 0 Å². The van der Waals surface area contributed by atoms with Crippen LogP contribution < -0.4 is 0 Å². The highest BCUT2D eigenvalue weighted by Crippen LogP contribution is 2.49. The van der Waals surface area contributed by atoms with E-state index in [1.807, 2.05) is 0 Å². The van der Waals surface area contributed by atoms with Gasteiger partial charge < -0.3 is 0 Å². The molecule has 0 N–H and O–H groups in total.